The number of carbonyl (C=O) groups excluding carboxylic acids is 1. The van der Waals surface area contributed by atoms with Crippen LogP contribution in [0.2, 0.25) is 0 Å². The Kier molecular flexibility index (Phi) is 9.33. The van der Waals surface area contributed by atoms with E-state index < -0.39 is 0 Å². The number of hydrogen-bond donors (Lipinski definition) is 0. The maximum Gasteiger partial charge on any atom is 0.270 e. The summed E-state index contributed by atoms with van der Waals surface area (Å²) < 4.78 is 16.7. The predicted molar refractivity (Wildman–Crippen MR) is 176 cm³/mol. The zero-order valence-corrected chi connectivity index (χ0v) is 26.2. The Morgan fingerprint density at radius 1 is 1.02 bits per heavy atom. The van der Waals surface area contributed by atoms with E-state index >= 15 is 0 Å². The number of benzene rings is 2. The summed E-state index contributed by atoms with van der Waals surface area (Å²) in [5, 5.41) is 10.0. The number of pyridine rings is 1. The maximum atomic E-state index is 14.5. The van der Waals surface area contributed by atoms with Crippen LogP contribution >= 0.6 is 24.0 Å². The second kappa shape index (κ2) is 13.1. The lowest BCUT2D eigenvalue weighted by molar-refractivity contribution is -0.122. The highest BCUT2D eigenvalue weighted by Gasteiger charge is 2.34. The number of unbranched alkanes of at least 4 members (excludes halogenated alkanes) is 1. The van der Waals surface area contributed by atoms with Crippen molar-refractivity contribution in [3.8, 4) is 6.07 Å². The van der Waals surface area contributed by atoms with E-state index in [1.165, 1.54) is 17.8 Å². The van der Waals surface area contributed by atoms with E-state index in [1.54, 1.807) is 34.6 Å². The van der Waals surface area contributed by atoms with E-state index in [-0.39, 0.29) is 22.8 Å². The van der Waals surface area contributed by atoms with Crippen LogP contribution in [0.4, 0.5) is 15.9 Å². The molecular weight excluding hydrogens is 582 g/mol. The summed E-state index contributed by atoms with van der Waals surface area (Å²) in [6.07, 6.45) is 3.43. The van der Waals surface area contributed by atoms with Crippen LogP contribution in [0.1, 0.15) is 47.6 Å². The standard InChI is InChI=1S/C33H34FN5O2S2/c1-4-5-14-38-30(37-17-15-36(16-18-37)28-9-7-6-8-27(28)34)25(23(3)26(20-35)31(38)40)19-29-32(41)39(33(42)43-29)21-24-12-10-22(2)11-13-24/h6-13,19H,4-5,14-18,21H2,1-3H3/b29-19+. The van der Waals surface area contributed by atoms with Gasteiger partial charge in [0.25, 0.3) is 11.5 Å². The van der Waals surface area contributed by atoms with E-state index in [1.807, 2.05) is 42.2 Å². The molecule has 1 amide bonds. The highest BCUT2D eigenvalue weighted by Crippen LogP contribution is 2.37. The molecular formula is C33H34FN5O2S2. The van der Waals surface area contributed by atoms with Gasteiger partial charge in [0.15, 0.2) is 0 Å². The van der Waals surface area contributed by atoms with Crippen molar-refractivity contribution in [2.75, 3.05) is 36.0 Å². The molecule has 0 N–H and O–H groups in total. The smallest absolute Gasteiger partial charge is 0.270 e. The van der Waals surface area contributed by atoms with Gasteiger partial charge in [0.2, 0.25) is 0 Å². The molecule has 10 heteroatoms. The highest BCUT2D eigenvalue weighted by atomic mass is 32.2. The van der Waals surface area contributed by atoms with Crippen LogP contribution in [0, 0.1) is 31.0 Å². The van der Waals surface area contributed by atoms with Gasteiger partial charge in [0.1, 0.15) is 27.6 Å². The fraction of sp³-hybridized carbons (Fsp3) is 0.333. The van der Waals surface area contributed by atoms with Crippen molar-refractivity contribution in [2.24, 2.45) is 0 Å². The number of aromatic nitrogens is 1. The summed E-state index contributed by atoms with van der Waals surface area (Å²) in [4.78, 5) is 33.5. The molecule has 7 nitrogen and oxygen atoms in total. The lowest BCUT2D eigenvalue weighted by Crippen LogP contribution is -2.49. The summed E-state index contributed by atoms with van der Waals surface area (Å²) >= 11 is 6.86. The predicted octanol–water partition coefficient (Wildman–Crippen LogP) is 6.00. The third kappa shape index (κ3) is 6.24. The molecule has 2 aliphatic rings. The number of para-hydroxylation sites is 1. The maximum absolute atomic E-state index is 14.5. The molecule has 5 rings (SSSR count). The van der Waals surface area contributed by atoms with Crippen LogP contribution in [-0.2, 0) is 17.9 Å². The van der Waals surface area contributed by atoms with E-state index in [9.17, 15) is 19.2 Å². The van der Waals surface area contributed by atoms with Gasteiger partial charge in [-0.05, 0) is 49.6 Å². The quantitative estimate of drug-likeness (QED) is 0.227. The number of halogens is 1. The van der Waals surface area contributed by atoms with Crippen molar-refractivity contribution in [3.05, 3.63) is 97.4 Å². The SMILES string of the molecule is CCCCn1c(N2CCN(c3ccccc3F)CC2)c(/C=C2/SC(=S)N(Cc3ccc(C)cc3)C2=O)c(C)c(C#N)c1=O. The summed E-state index contributed by atoms with van der Waals surface area (Å²) in [6.45, 7) is 8.84. The number of nitriles is 1. The molecule has 3 aromatic rings. The number of carbonyl (C=O) groups is 1. The minimum absolute atomic E-state index is 0.0752. The molecule has 43 heavy (non-hydrogen) atoms. The monoisotopic (exact) mass is 615 g/mol. The normalized spacial score (nSPS) is 16.3. The summed E-state index contributed by atoms with van der Waals surface area (Å²) in [6, 6.07) is 16.8. The number of thioether (sulfide) groups is 1. The van der Waals surface area contributed by atoms with Crippen LogP contribution in [-0.4, -0.2) is 45.9 Å². The molecule has 2 aromatic carbocycles. The molecule has 0 radical (unpaired) electrons. The number of hydrogen-bond acceptors (Lipinski definition) is 7. The lowest BCUT2D eigenvalue weighted by Gasteiger charge is -2.39. The fourth-order valence-electron chi connectivity index (χ4n) is 5.52. The number of amides is 1. The molecule has 1 aromatic heterocycles. The fourth-order valence-corrected chi connectivity index (χ4v) is 6.76. The van der Waals surface area contributed by atoms with Crippen molar-refractivity contribution in [1.82, 2.24) is 9.47 Å². The Bertz CT molecular complexity index is 1690. The van der Waals surface area contributed by atoms with E-state index in [0.29, 0.717) is 71.1 Å². The topological polar surface area (TPSA) is 72.6 Å². The molecule has 0 bridgehead atoms. The Labute approximate surface area is 261 Å². The molecule has 3 heterocycles. The first kappa shape index (κ1) is 30.5. The minimum atomic E-state index is -0.330. The molecule has 2 saturated heterocycles. The first-order valence-corrected chi connectivity index (χ1v) is 15.7. The molecule has 0 spiro atoms. The van der Waals surface area contributed by atoms with Gasteiger partial charge in [-0.2, -0.15) is 5.26 Å². The molecule has 0 saturated carbocycles. The van der Waals surface area contributed by atoms with Crippen molar-refractivity contribution < 1.29 is 9.18 Å². The third-order valence-corrected chi connectivity index (χ3v) is 9.34. The van der Waals surface area contributed by atoms with Gasteiger partial charge >= 0.3 is 0 Å². The van der Waals surface area contributed by atoms with Gasteiger partial charge in [-0.3, -0.25) is 19.1 Å². The zero-order chi connectivity index (χ0) is 30.7. The molecule has 0 atom stereocenters. The molecule has 2 aliphatic heterocycles. The van der Waals surface area contributed by atoms with E-state index in [4.69, 9.17) is 12.2 Å². The largest absolute Gasteiger partial charge is 0.366 e. The van der Waals surface area contributed by atoms with Crippen molar-refractivity contribution in [2.45, 2.75) is 46.7 Å². The molecule has 222 valence electrons. The second-order valence-electron chi connectivity index (χ2n) is 10.8. The Hall–Kier alpha value is -3.94. The number of aryl methyl sites for hydroxylation is 1. The zero-order valence-electron chi connectivity index (χ0n) is 24.6. The van der Waals surface area contributed by atoms with Gasteiger partial charge in [0.05, 0.1) is 17.1 Å². The van der Waals surface area contributed by atoms with Crippen molar-refractivity contribution in [1.29, 1.82) is 5.26 Å². The van der Waals surface area contributed by atoms with Crippen molar-refractivity contribution in [3.63, 3.8) is 0 Å². The van der Waals surface area contributed by atoms with Crippen LogP contribution in [0.25, 0.3) is 6.08 Å². The summed E-state index contributed by atoms with van der Waals surface area (Å²) in [7, 11) is 0. The number of thiocarbonyl (C=S) groups is 1. The first-order valence-electron chi connectivity index (χ1n) is 14.5. The van der Waals surface area contributed by atoms with E-state index in [0.717, 1.165) is 24.0 Å². The van der Waals surface area contributed by atoms with E-state index in [2.05, 4.69) is 17.9 Å². The summed E-state index contributed by atoms with van der Waals surface area (Å²) in [5.74, 6) is 0.223. The highest BCUT2D eigenvalue weighted by molar-refractivity contribution is 8.26. The number of piperazine rings is 1. The summed E-state index contributed by atoms with van der Waals surface area (Å²) in [5.41, 5.74) is 3.62. The third-order valence-electron chi connectivity index (χ3n) is 7.96. The van der Waals surface area contributed by atoms with Gasteiger partial charge in [-0.25, -0.2) is 4.39 Å². The number of rotatable bonds is 8. The molecule has 0 unspecified atom stereocenters. The van der Waals surface area contributed by atoms with Crippen molar-refractivity contribution >= 4 is 51.8 Å². The second-order valence-corrected chi connectivity index (χ2v) is 12.5. The first-order chi connectivity index (χ1) is 20.7. The average Bonchev–Trinajstić information content (AvgIpc) is 3.27. The average molecular weight is 616 g/mol. The minimum Gasteiger partial charge on any atom is -0.366 e. The van der Waals surface area contributed by atoms with Crippen LogP contribution in [0.5, 0.6) is 0 Å². The number of anilines is 2. The molecule has 0 aliphatic carbocycles. The number of nitrogens with zero attached hydrogens (tertiary/aromatic N) is 5. The van der Waals surface area contributed by atoms with Crippen LogP contribution in [0.15, 0.2) is 58.2 Å². The van der Waals surface area contributed by atoms with Gasteiger partial charge < -0.3 is 9.80 Å². The lowest BCUT2D eigenvalue weighted by atomic mass is 10.0. The van der Waals surface area contributed by atoms with Gasteiger partial charge in [-0.15, -0.1) is 0 Å². The Morgan fingerprint density at radius 3 is 2.35 bits per heavy atom. The van der Waals surface area contributed by atoms with Gasteiger partial charge in [-0.1, -0.05) is 79.3 Å². The van der Waals surface area contributed by atoms with Crippen LogP contribution < -0.4 is 15.4 Å². The Morgan fingerprint density at radius 2 is 1.70 bits per heavy atom. The Balaban J connectivity index is 1.54. The van der Waals surface area contributed by atoms with Crippen LogP contribution in [0.3, 0.4) is 0 Å². The molecule has 2 fully saturated rings. The van der Waals surface area contributed by atoms with Gasteiger partial charge in [0, 0.05) is 38.3 Å².